The quantitative estimate of drug-likeness (QED) is 0.732. The van der Waals surface area contributed by atoms with Crippen LogP contribution in [0.2, 0.25) is 5.02 Å². The molecular weight excluding hydrogens is 386 g/mol. The number of halogens is 5. The number of hydrogen-bond donors (Lipinski definition) is 0. The molecule has 1 aromatic carbocycles. The van der Waals surface area contributed by atoms with E-state index in [2.05, 4.69) is 11.1 Å². The fourth-order valence-electron chi connectivity index (χ4n) is 3.14. The van der Waals surface area contributed by atoms with E-state index in [1.54, 1.807) is 11.0 Å². The number of aromatic nitrogens is 1. The number of nitrogens with zero attached hydrogens (tertiary/aromatic N) is 3. The molecule has 142 valence electrons. The van der Waals surface area contributed by atoms with Crippen LogP contribution in [0.4, 0.5) is 17.6 Å². The van der Waals surface area contributed by atoms with Gasteiger partial charge in [-0.25, -0.2) is 4.39 Å². The summed E-state index contributed by atoms with van der Waals surface area (Å²) in [5.41, 5.74) is -3.00. The average molecular weight is 400 g/mol. The molecule has 1 atom stereocenters. The lowest BCUT2D eigenvalue weighted by molar-refractivity contribution is -0.137. The first-order valence-electron chi connectivity index (χ1n) is 8.03. The number of pyridine rings is 1. The van der Waals surface area contributed by atoms with Gasteiger partial charge in [0.1, 0.15) is 5.82 Å². The number of alkyl halides is 3. The van der Waals surface area contributed by atoms with Crippen LogP contribution in [0, 0.1) is 17.1 Å². The molecule has 0 aliphatic carbocycles. The second kappa shape index (κ2) is 7.43. The third kappa shape index (κ3) is 3.50. The summed E-state index contributed by atoms with van der Waals surface area (Å²) in [5.74, 6) is -0.677. The van der Waals surface area contributed by atoms with Crippen LogP contribution in [0.3, 0.4) is 0 Å². The summed E-state index contributed by atoms with van der Waals surface area (Å²) in [6.45, 7) is 1.11. The molecule has 0 unspecified atom stereocenters. The lowest BCUT2D eigenvalue weighted by Gasteiger charge is -2.41. The minimum absolute atomic E-state index is 0.0245. The lowest BCUT2D eigenvalue weighted by atomic mass is 9.84. The molecule has 0 N–H and O–H groups in total. The van der Waals surface area contributed by atoms with Crippen molar-refractivity contribution in [2.75, 3.05) is 26.3 Å². The maximum absolute atomic E-state index is 14.7. The number of hydrogen-bond acceptors (Lipinski definition) is 4. The molecule has 2 aromatic rings. The van der Waals surface area contributed by atoms with E-state index in [4.69, 9.17) is 16.3 Å². The van der Waals surface area contributed by atoms with Crippen molar-refractivity contribution >= 4 is 11.6 Å². The summed E-state index contributed by atoms with van der Waals surface area (Å²) in [6, 6.07) is 8.36. The van der Waals surface area contributed by atoms with E-state index in [1.165, 1.54) is 18.2 Å². The Morgan fingerprint density at radius 2 is 1.85 bits per heavy atom. The maximum atomic E-state index is 14.7. The van der Waals surface area contributed by atoms with Crippen LogP contribution in [-0.4, -0.2) is 36.2 Å². The van der Waals surface area contributed by atoms with Crippen LogP contribution < -0.4 is 0 Å². The molecule has 0 radical (unpaired) electrons. The second-order valence-electron chi connectivity index (χ2n) is 5.95. The Kier molecular flexibility index (Phi) is 5.38. The first kappa shape index (κ1) is 19.5. The van der Waals surface area contributed by atoms with E-state index in [0.717, 1.165) is 0 Å². The van der Waals surface area contributed by atoms with Crippen LogP contribution >= 0.6 is 11.6 Å². The molecule has 1 fully saturated rings. The summed E-state index contributed by atoms with van der Waals surface area (Å²) >= 11 is 6.13. The molecule has 0 bridgehead atoms. The van der Waals surface area contributed by atoms with Crippen molar-refractivity contribution in [2.45, 2.75) is 11.7 Å². The van der Waals surface area contributed by atoms with Gasteiger partial charge in [-0.2, -0.15) is 18.4 Å². The van der Waals surface area contributed by atoms with Crippen molar-refractivity contribution < 1.29 is 22.3 Å². The highest BCUT2D eigenvalue weighted by atomic mass is 35.5. The molecule has 27 heavy (non-hydrogen) atoms. The monoisotopic (exact) mass is 399 g/mol. The van der Waals surface area contributed by atoms with Gasteiger partial charge in [0, 0.05) is 24.8 Å². The van der Waals surface area contributed by atoms with Crippen LogP contribution in [-0.2, 0) is 16.5 Å². The third-order valence-corrected chi connectivity index (χ3v) is 4.71. The zero-order valence-electron chi connectivity index (χ0n) is 13.9. The lowest BCUT2D eigenvalue weighted by Crippen LogP contribution is -2.52. The normalized spacial score (nSPS) is 17.9. The van der Waals surface area contributed by atoms with E-state index in [0.29, 0.717) is 12.3 Å². The van der Waals surface area contributed by atoms with Crippen LogP contribution in [0.1, 0.15) is 16.8 Å². The van der Waals surface area contributed by atoms with E-state index in [9.17, 15) is 22.8 Å². The minimum atomic E-state index is -4.64. The highest BCUT2D eigenvalue weighted by Gasteiger charge is 2.46. The van der Waals surface area contributed by atoms with Gasteiger partial charge in [-0.1, -0.05) is 29.8 Å². The van der Waals surface area contributed by atoms with Crippen LogP contribution in [0.15, 0.2) is 36.5 Å². The second-order valence-corrected chi connectivity index (χ2v) is 6.36. The highest BCUT2D eigenvalue weighted by Crippen LogP contribution is 2.41. The van der Waals surface area contributed by atoms with Gasteiger partial charge in [-0.3, -0.25) is 9.88 Å². The van der Waals surface area contributed by atoms with Crippen molar-refractivity contribution in [1.82, 2.24) is 9.88 Å². The molecule has 4 nitrogen and oxygen atoms in total. The van der Waals surface area contributed by atoms with Gasteiger partial charge in [0.2, 0.25) is 0 Å². The molecule has 9 heteroatoms. The smallest absolute Gasteiger partial charge is 0.379 e. The standard InChI is InChI=1S/C18H14ClF4N3O/c19-14-9-12(18(21,22)23)10-25-16(14)17(11-24,26-5-7-27-8-6-26)13-3-1-2-4-15(13)20/h1-4,9-10H,5-8H2/t17-/m1/s1. The first-order valence-corrected chi connectivity index (χ1v) is 8.41. The zero-order chi connectivity index (χ0) is 19.7. The Bertz CT molecular complexity index is 878. The van der Waals surface area contributed by atoms with Gasteiger partial charge in [-0.15, -0.1) is 0 Å². The van der Waals surface area contributed by atoms with Crippen LogP contribution in [0.5, 0.6) is 0 Å². The SMILES string of the molecule is N#C[C@@](c1ccccc1F)(c1ncc(C(F)(F)F)cc1Cl)N1CCOCC1. The Labute approximate surface area is 157 Å². The molecule has 1 aromatic heterocycles. The predicted molar refractivity (Wildman–Crippen MR) is 89.4 cm³/mol. The van der Waals surface area contributed by atoms with Crippen molar-refractivity contribution in [2.24, 2.45) is 0 Å². The van der Waals surface area contributed by atoms with Crippen LogP contribution in [0.25, 0.3) is 0 Å². The van der Waals surface area contributed by atoms with E-state index in [1.807, 2.05) is 0 Å². The van der Waals surface area contributed by atoms with Gasteiger partial charge >= 0.3 is 6.18 Å². The van der Waals surface area contributed by atoms with Gasteiger partial charge in [0.05, 0.1) is 35.6 Å². The van der Waals surface area contributed by atoms with Crippen molar-refractivity contribution in [3.8, 4) is 6.07 Å². The number of nitriles is 1. The van der Waals surface area contributed by atoms with Crippen molar-refractivity contribution in [3.63, 3.8) is 0 Å². The van der Waals surface area contributed by atoms with E-state index < -0.39 is 23.1 Å². The van der Waals surface area contributed by atoms with Crippen molar-refractivity contribution in [3.05, 3.63) is 64.2 Å². The first-order chi connectivity index (χ1) is 12.8. The summed E-state index contributed by atoms with van der Waals surface area (Å²) < 4.78 is 58.8. The van der Waals surface area contributed by atoms with Crippen molar-refractivity contribution in [1.29, 1.82) is 5.26 Å². The summed E-state index contributed by atoms with van der Waals surface area (Å²) in [5, 5.41) is 9.73. The summed E-state index contributed by atoms with van der Waals surface area (Å²) in [7, 11) is 0. The zero-order valence-corrected chi connectivity index (χ0v) is 14.7. The molecular formula is C18H14ClF4N3O. The molecule has 1 aliphatic heterocycles. The Balaban J connectivity index is 2.25. The maximum Gasteiger partial charge on any atom is 0.417 e. The Morgan fingerprint density at radius 3 is 2.41 bits per heavy atom. The molecule has 0 saturated carbocycles. The number of rotatable bonds is 3. The predicted octanol–water partition coefficient (Wildman–Crippen LogP) is 3.99. The van der Waals surface area contributed by atoms with E-state index in [-0.39, 0.29) is 42.6 Å². The molecule has 0 amide bonds. The van der Waals surface area contributed by atoms with Gasteiger partial charge in [0.25, 0.3) is 0 Å². The minimum Gasteiger partial charge on any atom is -0.379 e. The number of ether oxygens (including phenoxy) is 1. The average Bonchev–Trinajstić information content (AvgIpc) is 2.65. The summed E-state index contributed by atoms with van der Waals surface area (Å²) in [4.78, 5) is 5.48. The fourth-order valence-corrected chi connectivity index (χ4v) is 3.45. The largest absolute Gasteiger partial charge is 0.417 e. The molecule has 1 aliphatic rings. The Hall–Kier alpha value is -2.21. The third-order valence-electron chi connectivity index (χ3n) is 4.42. The number of morpholine rings is 1. The summed E-state index contributed by atoms with van der Waals surface area (Å²) in [6.07, 6.45) is -4.03. The molecule has 1 saturated heterocycles. The topological polar surface area (TPSA) is 49.2 Å². The van der Waals surface area contributed by atoms with Gasteiger partial charge in [0.15, 0.2) is 5.54 Å². The highest BCUT2D eigenvalue weighted by molar-refractivity contribution is 6.31. The van der Waals surface area contributed by atoms with E-state index >= 15 is 0 Å². The van der Waals surface area contributed by atoms with Gasteiger partial charge in [-0.05, 0) is 12.1 Å². The molecule has 0 spiro atoms. The molecule has 3 rings (SSSR count). The Morgan fingerprint density at radius 1 is 1.19 bits per heavy atom. The molecule has 2 heterocycles. The van der Waals surface area contributed by atoms with Gasteiger partial charge < -0.3 is 4.74 Å². The fraction of sp³-hybridized carbons (Fsp3) is 0.333. The number of benzene rings is 1.